The second-order valence-corrected chi connectivity index (χ2v) is 8.29. The van der Waals surface area contributed by atoms with Gasteiger partial charge in [-0.2, -0.15) is 5.26 Å². The zero-order valence-electron chi connectivity index (χ0n) is 15.7. The lowest BCUT2D eigenvalue weighted by Gasteiger charge is -2.34. The van der Waals surface area contributed by atoms with Crippen LogP contribution in [0.15, 0.2) is 46.5 Å². The van der Waals surface area contributed by atoms with Crippen LogP contribution in [0.1, 0.15) is 24.8 Å². The summed E-state index contributed by atoms with van der Waals surface area (Å²) in [7, 11) is -2.77. The number of nitrogens with zero attached hydrogens (tertiary/aromatic N) is 2. The van der Waals surface area contributed by atoms with Gasteiger partial charge in [0, 0.05) is 17.3 Å². The Balaban J connectivity index is 2.33. The summed E-state index contributed by atoms with van der Waals surface area (Å²) < 4.78 is 29.3. The Kier molecular flexibility index (Phi) is 5.84. The van der Waals surface area contributed by atoms with E-state index in [9.17, 15) is 24.7 Å². The molecule has 11 heteroatoms. The van der Waals surface area contributed by atoms with Crippen molar-refractivity contribution < 1.29 is 28.1 Å². The molecule has 2 heterocycles. The summed E-state index contributed by atoms with van der Waals surface area (Å²) in [6.07, 6.45) is 0.531. The lowest BCUT2D eigenvalue weighted by atomic mass is 9.85. The number of hydrogen-bond donors (Lipinski definition) is 1. The fourth-order valence-electron chi connectivity index (χ4n) is 3.40. The maximum absolute atomic E-state index is 13.5. The molecule has 1 atom stereocenters. The van der Waals surface area contributed by atoms with Crippen molar-refractivity contribution in [2.45, 2.75) is 19.3 Å². The first-order valence-corrected chi connectivity index (χ1v) is 10.2. The molecule has 3 rings (SSSR count). The summed E-state index contributed by atoms with van der Waals surface area (Å²) in [5, 5.41) is 24.0. The van der Waals surface area contributed by atoms with Gasteiger partial charge in [-0.05, 0) is 13.3 Å². The molecule has 1 fully saturated rings. The van der Waals surface area contributed by atoms with Crippen LogP contribution in [0.2, 0.25) is 0 Å². The molecule has 1 unspecified atom stereocenters. The van der Waals surface area contributed by atoms with Crippen molar-refractivity contribution in [2.75, 3.05) is 20.3 Å². The number of allylic oxidation sites excluding steroid dienone is 3. The van der Waals surface area contributed by atoms with Gasteiger partial charge >= 0.3 is 13.6 Å². The molecule has 10 nitrogen and oxygen atoms in total. The van der Waals surface area contributed by atoms with Crippen LogP contribution in [0.3, 0.4) is 0 Å². The lowest BCUT2D eigenvalue weighted by Crippen LogP contribution is -2.30. The van der Waals surface area contributed by atoms with Gasteiger partial charge in [0.15, 0.2) is 0 Å². The lowest BCUT2D eigenvalue weighted by molar-refractivity contribution is -0.385. The van der Waals surface area contributed by atoms with Gasteiger partial charge < -0.3 is 19.1 Å². The van der Waals surface area contributed by atoms with E-state index in [0.717, 1.165) is 7.11 Å². The average molecular weight is 419 g/mol. The summed E-state index contributed by atoms with van der Waals surface area (Å²) in [4.78, 5) is 23.6. The summed E-state index contributed by atoms with van der Waals surface area (Å²) in [5.41, 5.74) is -0.299. The molecule has 152 valence electrons. The number of para-hydroxylation sites is 1. The van der Waals surface area contributed by atoms with Gasteiger partial charge in [0.1, 0.15) is 11.8 Å². The van der Waals surface area contributed by atoms with Crippen LogP contribution in [0.5, 0.6) is 0 Å². The highest BCUT2D eigenvalue weighted by Gasteiger charge is 2.48. The largest absolute Gasteiger partial charge is 0.466 e. The molecule has 2 aliphatic rings. The highest BCUT2D eigenvalue weighted by Crippen LogP contribution is 2.65. The second-order valence-electron chi connectivity index (χ2n) is 6.29. The Morgan fingerprint density at radius 2 is 2.03 bits per heavy atom. The molecule has 2 aliphatic heterocycles. The maximum Gasteiger partial charge on any atom is 0.360 e. The van der Waals surface area contributed by atoms with Crippen LogP contribution < -0.4 is 5.32 Å². The Hall–Kier alpha value is -2.99. The van der Waals surface area contributed by atoms with E-state index < -0.39 is 24.4 Å². The number of nitrogens with one attached hydrogen (secondary N) is 1. The molecule has 0 aliphatic carbocycles. The van der Waals surface area contributed by atoms with Crippen molar-refractivity contribution in [1.82, 2.24) is 5.32 Å². The van der Waals surface area contributed by atoms with Gasteiger partial charge in [0.25, 0.3) is 5.69 Å². The predicted molar refractivity (Wildman–Crippen MR) is 100 cm³/mol. The molecule has 0 bridgehead atoms. The molecule has 1 aromatic rings. The minimum atomic E-state index is -3.90. The highest BCUT2D eigenvalue weighted by molar-refractivity contribution is 7.58. The number of dihydropyridines is 1. The first-order valence-electron chi connectivity index (χ1n) is 8.67. The topological polar surface area (TPSA) is 141 Å². The number of methoxy groups -OCH3 is 1. The Bertz CT molecular complexity index is 1010. The van der Waals surface area contributed by atoms with Crippen molar-refractivity contribution in [3.05, 3.63) is 62.2 Å². The molecule has 1 N–H and O–H groups in total. The van der Waals surface area contributed by atoms with Gasteiger partial charge in [-0.1, -0.05) is 18.2 Å². The molecule has 0 aromatic heterocycles. The van der Waals surface area contributed by atoms with Gasteiger partial charge in [0.05, 0.1) is 42.1 Å². The van der Waals surface area contributed by atoms with Crippen molar-refractivity contribution in [1.29, 1.82) is 5.26 Å². The van der Waals surface area contributed by atoms with Gasteiger partial charge in [-0.25, -0.2) is 4.79 Å². The van der Waals surface area contributed by atoms with Crippen LogP contribution >= 0.6 is 7.60 Å². The van der Waals surface area contributed by atoms with Crippen molar-refractivity contribution in [2.24, 2.45) is 0 Å². The number of hydrogen-bond acceptors (Lipinski definition) is 9. The minimum Gasteiger partial charge on any atom is -0.466 e. The molecule has 1 aromatic carbocycles. The molecule has 0 spiro atoms. The normalized spacial score (nSPS) is 21.2. The first kappa shape index (κ1) is 20.7. The van der Waals surface area contributed by atoms with E-state index in [1.54, 1.807) is 13.0 Å². The van der Waals surface area contributed by atoms with E-state index in [4.69, 9.17) is 13.8 Å². The van der Waals surface area contributed by atoms with E-state index in [-0.39, 0.29) is 46.7 Å². The Morgan fingerprint density at radius 1 is 1.38 bits per heavy atom. The highest BCUT2D eigenvalue weighted by atomic mass is 31.2. The summed E-state index contributed by atoms with van der Waals surface area (Å²) in [5.74, 6) is -2.10. The number of carbonyl (C=O) groups is 1. The zero-order valence-corrected chi connectivity index (χ0v) is 16.6. The number of nitro groups is 1. The van der Waals surface area contributed by atoms with Gasteiger partial charge in [-0.3, -0.25) is 14.7 Å². The van der Waals surface area contributed by atoms with Crippen LogP contribution in [0, 0.1) is 21.4 Å². The van der Waals surface area contributed by atoms with Crippen LogP contribution in [0.25, 0.3) is 0 Å². The fraction of sp³-hybridized carbons (Fsp3) is 0.333. The monoisotopic (exact) mass is 419 g/mol. The molecule has 0 saturated carbocycles. The summed E-state index contributed by atoms with van der Waals surface area (Å²) >= 11 is 0. The SMILES string of the molecule is COC(=O)C1=C(C#N)NC(C)=C(P2(=O)OCCCO2)C1c1ccccc1[N+](=O)[O-]. The van der Waals surface area contributed by atoms with E-state index in [2.05, 4.69) is 5.32 Å². The van der Waals surface area contributed by atoms with Gasteiger partial charge in [0.2, 0.25) is 0 Å². The number of nitriles is 1. The number of rotatable bonds is 4. The molecular weight excluding hydrogens is 401 g/mol. The van der Waals surface area contributed by atoms with Crippen molar-refractivity contribution in [3.63, 3.8) is 0 Å². The summed E-state index contributed by atoms with van der Waals surface area (Å²) in [6.45, 7) is 1.88. The number of ether oxygens (including phenoxy) is 1. The third-order valence-corrected chi connectivity index (χ3v) is 6.82. The second kappa shape index (κ2) is 8.17. The fourth-order valence-corrected chi connectivity index (χ4v) is 5.55. The Labute approximate surface area is 166 Å². The van der Waals surface area contributed by atoms with Crippen LogP contribution in [-0.4, -0.2) is 31.2 Å². The number of carbonyl (C=O) groups excluding carboxylic acids is 1. The number of nitro benzene ring substituents is 1. The smallest absolute Gasteiger partial charge is 0.360 e. The van der Waals surface area contributed by atoms with Crippen LogP contribution in [0.4, 0.5) is 5.69 Å². The van der Waals surface area contributed by atoms with Crippen LogP contribution in [-0.2, 0) is 23.1 Å². The number of benzene rings is 1. The maximum atomic E-state index is 13.5. The van der Waals surface area contributed by atoms with Crippen molar-refractivity contribution in [3.8, 4) is 6.07 Å². The van der Waals surface area contributed by atoms with Crippen molar-refractivity contribution >= 4 is 19.3 Å². The average Bonchev–Trinajstić information content (AvgIpc) is 2.72. The van der Waals surface area contributed by atoms with E-state index in [1.807, 2.05) is 6.07 Å². The quantitative estimate of drug-likeness (QED) is 0.337. The predicted octanol–water partition coefficient (Wildman–Crippen LogP) is 3.09. The first-order chi connectivity index (χ1) is 13.8. The molecule has 29 heavy (non-hydrogen) atoms. The van der Waals surface area contributed by atoms with Gasteiger partial charge in [-0.15, -0.1) is 0 Å². The molecular formula is C18H18N3O7P. The third kappa shape index (κ3) is 3.68. The van der Waals surface area contributed by atoms with E-state index in [1.165, 1.54) is 18.2 Å². The number of esters is 1. The standard InChI is InChI=1S/C18H18N3O7P/c1-11-17(29(25)27-8-5-9-28-29)15(12-6-3-4-7-14(12)21(23)24)16(18(22)26-2)13(10-19)20-11/h3-4,6-7,15,20H,5,8-9H2,1-2H3. The summed E-state index contributed by atoms with van der Waals surface area (Å²) in [6, 6.07) is 7.61. The minimum absolute atomic E-state index is 0.0471. The molecule has 0 amide bonds. The molecule has 0 radical (unpaired) electrons. The van der Waals surface area contributed by atoms with E-state index in [0.29, 0.717) is 6.42 Å². The molecule has 1 saturated heterocycles. The third-order valence-electron chi connectivity index (χ3n) is 4.60. The Morgan fingerprint density at radius 3 is 2.62 bits per heavy atom. The van der Waals surface area contributed by atoms with E-state index >= 15 is 0 Å². The zero-order chi connectivity index (χ0) is 21.2.